The predicted molar refractivity (Wildman–Crippen MR) is 192 cm³/mol. The van der Waals surface area contributed by atoms with Gasteiger partial charge in [0.15, 0.2) is 0 Å². The summed E-state index contributed by atoms with van der Waals surface area (Å²) in [6, 6.07) is -1.26. The molecule has 8 unspecified atom stereocenters. The lowest BCUT2D eigenvalue weighted by atomic mass is 9.85. The van der Waals surface area contributed by atoms with Crippen LogP contribution in [0.1, 0.15) is 123 Å². The fourth-order valence-corrected chi connectivity index (χ4v) is 6.49. The Labute approximate surface area is 298 Å². The van der Waals surface area contributed by atoms with E-state index >= 15 is 0 Å². The number of carbonyl (C=O) groups excluding carboxylic acids is 1. The second-order valence-electron chi connectivity index (χ2n) is 13.2. The molecule has 50 heavy (non-hydrogen) atoms. The number of unbranched alkanes of at least 4 members (excludes halogenated alkanes) is 11. The molecule has 0 saturated heterocycles. The van der Waals surface area contributed by atoms with E-state index in [1.807, 2.05) is 0 Å². The maximum absolute atomic E-state index is 12.8. The van der Waals surface area contributed by atoms with Crippen molar-refractivity contribution in [3.05, 3.63) is 36.5 Å². The van der Waals surface area contributed by atoms with Crippen molar-refractivity contribution in [3.63, 3.8) is 0 Å². The van der Waals surface area contributed by atoms with Crippen LogP contribution in [0.25, 0.3) is 0 Å². The molecule has 1 fully saturated rings. The molecule has 0 bridgehead atoms. The molecule has 0 aliphatic heterocycles. The first-order chi connectivity index (χ1) is 23.8. The van der Waals surface area contributed by atoms with E-state index in [0.29, 0.717) is 19.3 Å². The van der Waals surface area contributed by atoms with Crippen LogP contribution in [0.5, 0.6) is 0 Å². The summed E-state index contributed by atoms with van der Waals surface area (Å²) in [6.07, 6.45) is 12.9. The molecule has 0 heterocycles. The molecule has 13 nitrogen and oxygen atoms in total. The van der Waals surface area contributed by atoms with Crippen LogP contribution in [0.15, 0.2) is 36.5 Å². The van der Waals surface area contributed by atoms with E-state index in [4.69, 9.17) is 9.05 Å². The first kappa shape index (κ1) is 46.5. The monoisotopic (exact) mass is 735 g/mol. The first-order valence-corrected chi connectivity index (χ1v) is 20.0. The number of hydrogen-bond donors (Lipinski definition) is 9. The molecule has 0 radical (unpaired) electrons. The van der Waals surface area contributed by atoms with Gasteiger partial charge in [-0.3, -0.25) is 13.8 Å². The lowest BCUT2D eigenvalue weighted by Gasteiger charge is -2.41. The van der Waals surface area contributed by atoms with Gasteiger partial charge in [0.05, 0.1) is 31.3 Å². The molecule has 292 valence electrons. The van der Waals surface area contributed by atoms with E-state index in [9.17, 15) is 50.0 Å². The zero-order valence-electron chi connectivity index (χ0n) is 30.0. The fourth-order valence-electron chi connectivity index (χ4n) is 5.53. The summed E-state index contributed by atoms with van der Waals surface area (Å²) in [5.41, 5.74) is 0. The SMILES string of the molecule is CCCC/C=C\CCCCC(O)CC(=O)NC(COP(=O)(O)OC1C(O)C(O)C(O)C(O)C1O)C(O)/C=C/CC/C=C/CCCCCCCC. The van der Waals surface area contributed by atoms with E-state index in [-0.39, 0.29) is 6.42 Å². The number of rotatable bonds is 28. The molecule has 0 aromatic heterocycles. The van der Waals surface area contributed by atoms with Crippen molar-refractivity contribution in [1.82, 2.24) is 5.32 Å². The summed E-state index contributed by atoms with van der Waals surface area (Å²) in [5.74, 6) is -0.623. The zero-order valence-corrected chi connectivity index (χ0v) is 30.9. The Kier molecular flexibility index (Phi) is 25.3. The average Bonchev–Trinajstić information content (AvgIpc) is 3.08. The van der Waals surface area contributed by atoms with Crippen LogP contribution in [-0.4, -0.2) is 108 Å². The van der Waals surface area contributed by atoms with Gasteiger partial charge in [-0.15, -0.1) is 0 Å². The largest absolute Gasteiger partial charge is 0.472 e. The summed E-state index contributed by atoms with van der Waals surface area (Å²) >= 11 is 0. The molecule has 1 aliphatic carbocycles. The highest BCUT2D eigenvalue weighted by Gasteiger charge is 2.51. The van der Waals surface area contributed by atoms with Gasteiger partial charge >= 0.3 is 7.82 Å². The molecule has 14 heteroatoms. The third kappa shape index (κ3) is 19.9. The molecule has 8 atom stereocenters. The molecular formula is C36H66NO12P. The van der Waals surface area contributed by atoms with Crippen molar-refractivity contribution in [3.8, 4) is 0 Å². The Morgan fingerprint density at radius 3 is 1.82 bits per heavy atom. The summed E-state index contributed by atoms with van der Waals surface area (Å²) in [7, 11) is -5.14. The quantitative estimate of drug-likeness (QED) is 0.0317. The van der Waals surface area contributed by atoms with Crippen LogP contribution in [0, 0.1) is 0 Å². The minimum Gasteiger partial charge on any atom is -0.393 e. The van der Waals surface area contributed by atoms with Gasteiger partial charge in [-0.25, -0.2) is 4.57 Å². The molecule has 0 aromatic rings. The third-order valence-corrected chi connectivity index (χ3v) is 9.68. The Bertz CT molecular complexity index is 1010. The topological polar surface area (TPSA) is 226 Å². The molecule has 1 aliphatic rings. The molecule has 1 saturated carbocycles. The molecule has 1 rings (SSSR count). The standard InChI is InChI=1S/C36H66NO12P/c1-3-5-7-9-11-13-14-15-16-18-20-22-24-29(39)28(37-30(40)25-27(38)23-21-19-17-12-10-8-6-4-2)26-48-50(46,47)49-36-34(44)32(42)31(41)33(43)35(36)45/h10,12,15-16,22,24,27-29,31-36,38-39,41-45H,3-9,11,13-14,17-21,23,25-26H2,1-2H3,(H,37,40)(H,46,47)/b12-10-,16-15+,24-22+. The van der Waals surface area contributed by atoms with Gasteiger partial charge in [0.2, 0.25) is 5.91 Å². The first-order valence-electron chi connectivity index (χ1n) is 18.5. The van der Waals surface area contributed by atoms with Gasteiger partial charge in [-0.05, 0) is 51.4 Å². The number of nitrogens with one attached hydrogen (secondary N) is 1. The summed E-state index contributed by atoms with van der Waals surface area (Å²) in [5, 5.41) is 73.8. The fraction of sp³-hybridized carbons (Fsp3) is 0.806. The van der Waals surface area contributed by atoms with Crippen molar-refractivity contribution in [2.75, 3.05) is 6.61 Å². The Morgan fingerprint density at radius 2 is 1.20 bits per heavy atom. The van der Waals surface area contributed by atoms with Crippen LogP contribution < -0.4 is 5.32 Å². The van der Waals surface area contributed by atoms with Gasteiger partial charge in [-0.2, -0.15) is 0 Å². The number of amides is 1. The Hall–Kier alpha value is -1.48. The van der Waals surface area contributed by atoms with Crippen LogP contribution in [0.4, 0.5) is 0 Å². The number of allylic oxidation sites excluding steroid dienone is 5. The number of phosphoric ester groups is 1. The Morgan fingerprint density at radius 1 is 0.700 bits per heavy atom. The molecule has 9 N–H and O–H groups in total. The van der Waals surface area contributed by atoms with E-state index in [2.05, 4.69) is 43.5 Å². The number of phosphoric acid groups is 1. The van der Waals surface area contributed by atoms with Crippen molar-refractivity contribution in [1.29, 1.82) is 0 Å². The number of aliphatic hydroxyl groups is 7. The Balaban J connectivity index is 2.74. The van der Waals surface area contributed by atoms with Crippen molar-refractivity contribution in [2.24, 2.45) is 0 Å². The van der Waals surface area contributed by atoms with Crippen molar-refractivity contribution >= 4 is 13.7 Å². The molecule has 1 amide bonds. The highest BCUT2D eigenvalue weighted by atomic mass is 31.2. The van der Waals surface area contributed by atoms with Crippen LogP contribution in [0.3, 0.4) is 0 Å². The van der Waals surface area contributed by atoms with Crippen molar-refractivity contribution in [2.45, 2.75) is 178 Å². The van der Waals surface area contributed by atoms with Crippen molar-refractivity contribution < 1.29 is 59.0 Å². The number of aliphatic hydroxyl groups excluding tert-OH is 7. The lowest BCUT2D eigenvalue weighted by molar-refractivity contribution is -0.220. The van der Waals surface area contributed by atoms with Gasteiger partial charge in [0, 0.05) is 0 Å². The summed E-state index contributed by atoms with van der Waals surface area (Å²) in [4.78, 5) is 23.2. The second kappa shape index (κ2) is 27.2. The molecular weight excluding hydrogens is 669 g/mol. The molecule has 0 aromatic carbocycles. The lowest BCUT2D eigenvalue weighted by Crippen LogP contribution is -2.64. The average molecular weight is 736 g/mol. The number of hydrogen-bond acceptors (Lipinski definition) is 11. The smallest absolute Gasteiger partial charge is 0.393 e. The van der Waals surface area contributed by atoms with Gasteiger partial charge in [0.25, 0.3) is 0 Å². The van der Waals surface area contributed by atoms with E-state index in [1.54, 1.807) is 6.08 Å². The minimum atomic E-state index is -5.14. The van der Waals surface area contributed by atoms with Gasteiger partial charge in [0.1, 0.15) is 36.6 Å². The van der Waals surface area contributed by atoms with E-state index in [0.717, 1.165) is 51.4 Å². The predicted octanol–water partition coefficient (Wildman–Crippen LogP) is 3.85. The highest BCUT2D eigenvalue weighted by Crippen LogP contribution is 2.47. The maximum Gasteiger partial charge on any atom is 0.472 e. The third-order valence-electron chi connectivity index (χ3n) is 8.70. The van der Waals surface area contributed by atoms with Crippen LogP contribution in [0.2, 0.25) is 0 Å². The van der Waals surface area contributed by atoms with Gasteiger partial charge in [-0.1, -0.05) is 102 Å². The van der Waals surface area contributed by atoms with Gasteiger partial charge < -0.3 is 46.0 Å². The summed E-state index contributed by atoms with van der Waals surface area (Å²) < 4.78 is 22.6. The number of carbonyl (C=O) groups is 1. The normalized spacial score (nSPS) is 26.0. The van der Waals surface area contributed by atoms with Crippen LogP contribution >= 0.6 is 7.82 Å². The van der Waals surface area contributed by atoms with Crippen LogP contribution in [-0.2, 0) is 18.4 Å². The second-order valence-corrected chi connectivity index (χ2v) is 14.6. The highest BCUT2D eigenvalue weighted by molar-refractivity contribution is 7.47. The minimum absolute atomic E-state index is 0.269. The van der Waals surface area contributed by atoms with E-state index < -0.39 is 75.2 Å². The summed E-state index contributed by atoms with van der Waals surface area (Å²) in [6.45, 7) is 3.58. The maximum atomic E-state index is 12.8. The van der Waals surface area contributed by atoms with E-state index in [1.165, 1.54) is 38.2 Å². The zero-order chi connectivity index (χ0) is 37.4. The molecule has 0 spiro atoms.